The van der Waals surface area contributed by atoms with Crippen LogP contribution in [0.1, 0.15) is 28.9 Å². The van der Waals surface area contributed by atoms with Crippen LogP contribution >= 0.6 is 0 Å². The summed E-state index contributed by atoms with van der Waals surface area (Å²) in [4.78, 5) is 22.4. The maximum atomic E-state index is 13.1. The third kappa shape index (κ3) is 4.34. The molecule has 1 amide bonds. The second kappa shape index (κ2) is 7.16. The molecule has 1 heterocycles. The highest BCUT2D eigenvalue weighted by Gasteiger charge is 2.39. The molecule has 128 valence electrons. The van der Waals surface area contributed by atoms with Crippen molar-refractivity contribution in [1.29, 1.82) is 0 Å². The molecular weight excluding hydrogens is 327 g/mol. The second-order valence-electron chi connectivity index (χ2n) is 4.92. The van der Waals surface area contributed by atoms with E-state index in [0.29, 0.717) is 5.69 Å². The van der Waals surface area contributed by atoms with Crippen LogP contribution in [0.5, 0.6) is 0 Å². The Morgan fingerprint density at radius 3 is 2.46 bits per heavy atom. The lowest BCUT2D eigenvalue weighted by molar-refractivity contribution is -0.141. The molecule has 0 fully saturated rings. The van der Waals surface area contributed by atoms with Gasteiger partial charge in [-0.2, -0.15) is 18.3 Å². The van der Waals surface area contributed by atoms with Crippen molar-refractivity contribution in [2.24, 2.45) is 0 Å². The smallest absolute Gasteiger partial charge is 0.435 e. The Morgan fingerprint density at radius 1 is 1.21 bits per heavy atom. The summed E-state index contributed by atoms with van der Waals surface area (Å²) >= 11 is 0. The molecular formula is C15H14F3N3O3. The van der Waals surface area contributed by atoms with Gasteiger partial charge in [-0.25, -0.2) is 4.68 Å². The van der Waals surface area contributed by atoms with E-state index in [1.807, 2.05) is 0 Å². The fourth-order valence-electron chi connectivity index (χ4n) is 2.00. The Labute approximate surface area is 134 Å². The van der Waals surface area contributed by atoms with E-state index in [1.165, 1.54) is 0 Å². The first-order chi connectivity index (χ1) is 11.3. The SMILES string of the molecule is O=C(O)CCCNC(=O)c1cn(-c2ccccc2)nc1C(F)(F)F. The van der Waals surface area contributed by atoms with Crippen LogP contribution in [0.3, 0.4) is 0 Å². The maximum Gasteiger partial charge on any atom is 0.435 e. The molecule has 1 aromatic carbocycles. The number of aromatic nitrogens is 2. The lowest BCUT2D eigenvalue weighted by Gasteiger charge is -2.06. The molecule has 1 aromatic heterocycles. The van der Waals surface area contributed by atoms with Crippen molar-refractivity contribution >= 4 is 11.9 Å². The Balaban J connectivity index is 2.23. The molecule has 0 aliphatic rings. The van der Waals surface area contributed by atoms with Gasteiger partial charge in [0.05, 0.1) is 11.3 Å². The molecule has 0 bridgehead atoms. The molecule has 2 N–H and O–H groups in total. The van der Waals surface area contributed by atoms with Crippen LogP contribution in [0.25, 0.3) is 5.69 Å². The molecule has 0 saturated carbocycles. The largest absolute Gasteiger partial charge is 0.481 e. The van der Waals surface area contributed by atoms with Crippen molar-refractivity contribution in [1.82, 2.24) is 15.1 Å². The van der Waals surface area contributed by atoms with Crippen LogP contribution in [0.4, 0.5) is 13.2 Å². The van der Waals surface area contributed by atoms with Gasteiger partial charge in [0.1, 0.15) is 0 Å². The number of rotatable bonds is 6. The van der Waals surface area contributed by atoms with E-state index in [1.54, 1.807) is 30.3 Å². The van der Waals surface area contributed by atoms with E-state index in [4.69, 9.17) is 5.11 Å². The number of para-hydroxylation sites is 1. The van der Waals surface area contributed by atoms with Gasteiger partial charge >= 0.3 is 12.1 Å². The number of carbonyl (C=O) groups is 2. The summed E-state index contributed by atoms with van der Waals surface area (Å²) in [6, 6.07) is 8.09. The lowest BCUT2D eigenvalue weighted by Crippen LogP contribution is -2.27. The molecule has 2 aromatic rings. The Bertz CT molecular complexity index is 727. The topological polar surface area (TPSA) is 84.2 Å². The fourth-order valence-corrected chi connectivity index (χ4v) is 2.00. The van der Waals surface area contributed by atoms with Gasteiger partial charge in [-0.05, 0) is 18.6 Å². The minimum absolute atomic E-state index is 0.0427. The third-order valence-corrected chi connectivity index (χ3v) is 3.10. The zero-order chi connectivity index (χ0) is 17.7. The van der Waals surface area contributed by atoms with Gasteiger partial charge in [0.2, 0.25) is 0 Å². The Morgan fingerprint density at radius 2 is 1.88 bits per heavy atom. The molecule has 2 rings (SSSR count). The number of hydrogen-bond donors (Lipinski definition) is 2. The number of nitrogens with one attached hydrogen (secondary N) is 1. The van der Waals surface area contributed by atoms with Crippen molar-refractivity contribution in [2.75, 3.05) is 6.54 Å². The highest BCUT2D eigenvalue weighted by molar-refractivity contribution is 5.95. The molecule has 0 unspecified atom stereocenters. The number of carboxylic acid groups (broad SMARTS) is 1. The zero-order valence-electron chi connectivity index (χ0n) is 12.4. The molecule has 0 aliphatic carbocycles. The standard InChI is InChI=1S/C15H14F3N3O3/c16-15(17,18)13-11(14(24)19-8-4-7-12(22)23)9-21(20-13)10-5-2-1-3-6-10/h1-3,5-6,9H,4,7-8H2,(H,19,24)(H,22,23). The van der Waals surface area contributed by atoms with Crippen molar-refractivity contribution in [3.8, 4) is 5.69 Å². The zero-order valence-corrected chi connectivity index (χ0v) is 12.4. The van der Waals surface area contributed by atoms with E-state index in [0.717, 1.165) is 10.9 Å². The lowest BCUT2D eigenvalue weighted by atomic mass is 10.2. The highest BCUT2D eigenvalue weighted by Crippen LogP contribution is 2.31. The van der Waals surface area contributed by atoms with Gasteiger partial charge in [-0.1, -0.05) is 18.2 Å². The van der Waals surface area contributed by atoms with Crippen LogP contribution in [-0.2, 0) is 11.0 Å². The molecule has 9 heteroatoms. The molecule has 0 radical (unpaired) electrons. The summed E-state index contributed by atoms with van der Waals surface area (Å²) in [5.74, 6) is -1.99. The van der Waals surface area contributed by atoms with Crippen LogP contribution in [-0.4, -0.2) is 33.3 Å². The van der Waals surface area contributed by atoms with E-state index in [9.17, 15) is 22.8 Å². The van der Waals surface area contributed by atoms with Crippen molar-refractivity contribution in [3.63, 3.8) is 0 Å². The first kappa shape index (κ1) is 17.5. The number of nitrogens with zero attached hydrogens (tertiary/aromatic N) is 2. The fraction of sp³-hybridized carbons (Fsp3) is 0.267. The molecule has 0 saturated heterocycles. The minimum atomic E-state index is -4.78. The average Bonchev–Trinajstić information content (AvgIpc) is 2.97. The van der Waals surface area contributed by atoms with Gasteiger partial charge in [0.25, 0.3) is 5.91 Å². The first-order valence-electron chi connectivity index (χ1n) is 7.01. The number of halogens is 3. The number of carbonyl (C=O) groups excluding carboxylic acids is 1. The second-order valence-corrected chi connectivity index (χ2v) is 4.92. The van der Waals surface area contributed by atoms with Gasteiger partial charge in [-0.15, -0.1) is 0 Å². The molecule has 0 aliphatic heterocycles. The predicted octanol–water partition coefficient (Wildman–Crippen LogP) is 2.49. The first-order valence-corrected chi connectivity index (χ1v) is 7.01. The summed E-state index contributed by atoms with van der Waals surface area (Å²) in [6.07, 6.45) is -3.84. The van der Waals surface area contributed by atoms with Crippen LogP contribution < -0.4 is 5.32 Å². The van der Waals surface area contributed by atoms with Gasteiger partial charge < -0.3 is 10.4 Å². The highest BCUT2D eigenvalue weighted by atomic mass is 19.4. The van der Waals surface area contributed by atoms with E-state index >= 15 is 0 Å². The van der Waals surface area contributed by atoms with Crippen molar-refractivity contribution in [2.45, 2.75) is 19.0 Å². The molecule has 0 atom stereocenters. The maximum absolute atomic E-state index is 13.1. The van der Waals surface area contributed by atoms with E-state index in [2.05, 4.69) is 10.4 Å². The normalized spacial score (nSPS) is 11.3. The third-order valence-electron chi connectivity index (χ3n) is 3.10. The number of carboxylic acids is 1. The van der Waals surface area contributed by atoms with Crippen LogP contribution in [0.15, 0.2) is 36.5 Å². The monoisotopic (exact) mass is 341 g/mol. The summed E-state index contributed by atoms with van der Waals surface area (Å²) in [5.41, 5.74) is -1.52. The summed E-state index contributed by atoms with van der Waals surface area (Å²) in [7, 11) is 0. The molecule has 0 spiro atoms. The molecule has 6 nitrogen and oxygen atoms in total. The average molecular weight is 341 g/mol. The minimum Gasteiger partial charge on any atom is -0.481 e. The Kier molecular flexibility index (Phi) is 5.22. The predicted molar refractivity (Wildman–Crippen MR) is 77.8 cm³/mol. The van der Waals surface area contributed by atoms with Gasteiger partial charge in [-0.3, -0.25) is 9.59 Å². The van der Waals surface area contributed by atoms with Crippen molar-refractivity contribution < 1.29 is 27.9 Å². The van der Waals surface area contributed by atoms with E-state index < -0.39 is 29.3 Å². The number of benzene rings is 1. The summed E-state index contributed by atoms with van der Waals surface area (Å²) in [5, 5.41) is 14.2. The van der Waals surface area contributed by atoms with Crippen LogP contribution in [0.2, 0.25) is 0 Å². The van der Waals surface area contributed by atoms with Crippen molar-refractivity contribution in [3.05, 3.63) is 47.8 Å². The van der Waals surface area contributed by atoms with Crippen LogP contribution in [0, 0.1) is 0 Å². The quantitative estimate of drug-likeness (QED) is 0.791. The molecule has 24 heavy (non-hydrogen) atoms. The number of alkyl halides is 3. The van der Waals surface area contributed by atoms with E-state index in [-0.39, 0.29) is 19.4 Å². The number of aliphatic carboxylic acids is 1. The number of hydrogen-bond acceptors (Lipinski definition) is 3. The van der Waals surface area contributed by atoms with Gasteiger partial charge in [0.15, 0.2) is 5.69 Å². The number of amides is 1. The summed E-state index contributed by atoms with van der Waals surface area (Å²) < 4.78 is 40.3. The Hall–Kier alpha value is -2.84. The van der Waals surface area contributed by atoms with Gasteiger partial charge in [0, 0.05) is 19.2 Å². The summed E-state index contributed by atoms with van der Waals surface area (Å²) in [6.45, 7) is -0.0427.